The largest absolute Gasteiger partial charge is 0.458 e. The van der Waals surface area contributed by atoms with E-state index in [1.165, 1.54) is 30.5 Å². The molecule has 1 aromatic carbocycles. The standard InChI is InChI=1S/C15H10Cl3NO4/c16-9-3-4-10(12(17)8-9)14(20)22-6-7-23-15(21)11-2-1-5-19-13(11)18/h1-5,8H,6-7H2. The molecule has 0 spiro atoms. The van der Waals surface area contributed by atoms with Crippen molar-refractivity contribution in [1.82, 2.24) is 4.98 Å². The maximum absolute atomic E-state index is 11.8. The Bertz CT molecular complexity index is 736. The Morgan fingerprint density at radius 3 is 2.22 bits per heavy atom. The molecule has 0 N–H and O–H groups in total. The minimum atomic E-state index is -0.649. The van der Waals surface area contributed by atoms with E-state index in [-0.39, 0.29) is 34.5 Å². The summed E-state index contributed by atoms with van der Waals surface area (Å²) in [7, 11) is 0. The van der Waals surface area contributed by atoms with E-state index < -0.39 is 11.9 Å². The van der Waals surface area contributed by atoms with Gasteiger partial charge in [0.25, 0.3) is 0 Å². The second-order valence-corrected chi connectivity index (χ2v) is 5.44. The van der Waals surface area contributed by atoms with Crippen LogP contribution < -0.4 is 0 Å². The summed E-state index contributed by atoms with van der Waals surface area (Å²) in [5.74, 6) is -1.29. The second kappa shape index (κ2) is 8.15. The summed E-state index contributed by atoms with van der Waals surface area (Å²) in [5.41, 5.74) is 0.318. The molecule has 0 aliphatic carbocycles. The average Bonchev–Trinajstić information content (AvgIpc) is 2.51. The number of esters is 2. The average molecular weight is 375 g/mol. The normalized spacial score (nSPS) is 10.2. The third-order valence-electron chi connectivity index (χ3n) is 2.68. The minimum Gasteiger partial charge on any atom is -0.458 e. The number of pyridine rings is 1. The molecule has 0 unspecified atom stereocenters. The van der Waals surface area contributed by atoms with Crippen molar-refractivity contribution in [3.8, 4) is 0 Å². The summed E-state index contributed by atoms with van der Waals surface area (Å²) >= 11 is 17.4. The molecule has 0 fully saturated rings. The highest BCUT2D eigenvalue weighted by molar-refractivity contribution is 6.36. The topological polar surface area (TPSA) is 65.5 Å². The predicted octanol–water partition coefficient (Wildman–Crippen LogP) is 4.06. The van der Waals surface area contributed by atoms with Crippen molar-refractivity contribution < 1.29 is 19.1 Å². The fraction of sp³-hybridized carbons (Fsp3) is 0.133. The van der Waals surface area contributed by atoms with Crippen molar-refractivity contribution in [2.45, 2.75) is 0 Å². The van der Waals surface area contributed by atoms with Gasteiger partial charge >= 0.3 is 11.9 Å². The fourth-order valence-electron chi connectivity index (χ4n) is 1.62. The van der Waals surface area contributed by atoms with E-state index in [9.17, 15) is 9.59 Å². The van der Waals surface area contributed by atoms with Crippen LogP contribution in [0, 0.1) is 0 Å². The van der Waals surface area contributed by atoms with Crippen LogP contribution in [0.3, 0.4) is 0 Å². The molecule has 23 heavy (non-hydrogen) atoms. The zero-order chi connectivity index (χ0) is 16.8. The van der Waals surface area contributed by atoms with E-state index in [0.717, 1.165) is 0 Å². The van der Waals surface area contributed by atoms with Gasteiger partial charge in [-0.25, -0.2) is 14.6 Å². The molecule has 1 heterocycles. The number of halogens is 3. The number of hydrogen-bond donors (Lipinski definition) is 0. The summed E-state index contributed by atoms with van der Waals surface area (Å²) in [6, 6.07) is 7.45. The molecule has 2 aromatic rings. The number of aromatic nitrogens is 1. The van der Waals surface area contributed by atoms with Crippen LogP contribution in [-0.2, 0) is 9.47 Å². The summed E-state index contributed by atoms with van der Waals surface area (Å²) in [5, 5.41) is 0.637. The first-order valence-electron chi connectivity index (χ1n) is 6.39. The number of nitrogens with zero attached hydrogens (tertiary/aromatic N) is 1. The van der Waals surface area contributed by atoms with Gasteiger partial charge in [0.15, 0.2) is 0 Å². The summed E-state index contributed by atoms with van der Waals surface area (Å²) in [6.07, 6.45) is 1.46. The number of carbonyl (C=O) groups excluding carboxylic acids is 2. The lowest BCUT2D eigenvalue weighted by molar-refractivity contribution is 0.0265. The number of hydrogen-bond acceptors (Lipinski definition) is 5. The first-order chi connectivity index (χ1) is 11.0. The highest BCUT2D eigenvalue weighted by Gasteiger charge is 2.14. The first-order valence-corrected chi connectivity index (χ1v) is 7.52. The van der Waals surface area contributed by atoms with E-state index in [1.54, 1.807) is 6.07 Å². The minimum absolute atomic E-state index is 0.0439. The van der Waals surface area contributed by atoms with Crippen LogP contribution in [0.2, 0.25) is 15.2 Å². The zero-order valence-electron chi connectivity index (χ0n) is 11.6. The van der Waals surface area contributed by atoms with Crippen molar-refractivity contribution in [3.05, 3.63) is 62.9 Å². The number of rotatable bonds is 5. The van der Waals surface area contributed by atoms with E-state index in [0.29, 0.717) is 5.02 Å². The highest BCUT2D eigenvalue weighted by Crippen LogP contribution is 2.21. The quantitative estimate of drug-likeness (QED) is 0.449. The molecule has 0 saturated heterocycles. The van der Waals surface area contributed by atoms with Gasteiger partial charge in [-0.05, 0) is 30.3 Å². The van der Waals surface area contributed by atoms with E-state index in [4.69, 9.17) is 44.3 Å². The smallest absolute Gasteiger partial charge is 0.341 e. The van der Waals surface area contributed by atoms with Crippen LogP contribution in [0.1, 0.15) is 20.7 Å². The lowest BCUT2D eigenvalue weighted by Crippen LogP contribution is -2.14. The number of carbonyl (C=O) groups is 2. The van der Waals surface area contributed by atoms with E-state index >= 15 is 0 Å². The van der Waals surface area contributed by atoms with Crippen molar-refractivity contribution in [1.29, 1.82) is 0 Å². The number of ether oxygens (including phenoxy) is 2. The van der Waals surface area contributed by atoms with Crippen LogP contribution >= 0.6 is 34.8 Å². The van der Waals surface area contributed by atoms with Crippen LogP contribution in [-0.4, -0.2) is 30.1 Å². The predicted molar refractivity (Wildman–Crippen MR) is 86.3 cm³/mol. The third-order valence-corrected chi connectivity index (χ3v) is 3.53. The maximum Gasteiger partial charge on any atom is 0.341 e. The van der Waals surface area contributed by atoms with Crippen molar-refractivity contribution >= 4 is 46.7 Å². The van der Waals surface area contributed by atoms with Crippen molar-refractivity contribution in [3.63, 3.8) is 0 Å². The molecular formula is C15H10Cl3NO4. The molecular weight excluding hydrogens is 365 g/mol. The van der Waals surface area contributed by atoms with Gasteiger partial charge in [-0.3, -0.25) is 0 Å². The van der Waals surface area contributed by atoms with Crippen molar-refractivity contribution in [2.75, 3.05) is 13.2 Å². The van der Waals surface area contributed by atoms with Gasteiger partial charge < -0.3 is 9.47 Å². The highest BCUT2D eigenvalue weighted by atomic mass is 35.5. The molecule has 0 amide bonds. The molecule has 0 saturated carbocycles. The van der Waals surface area contributed by atoms with Gasteiger partial charge in [0.1, 0.15) is 18.4 Å². The van der Waals surface area contributed by atoms with Crippen molar-refractivity contribution in [2.24, 2.45) is 0 Å². The Morgan fingerprint density at radius 2 is 1.61 bits per heavy atom. The molecule has 0 bridgehead atoms. The third kappa shape index (κ3) is 4.82. The second-order valence-electron chi connectivity index (χ2n) is 4.24. The lowest BCUT2D eigenvalue weighted by Gasteiger charge is -2.08. The van der Waals surface area contributed by atoms with Crippen LogP contribution in [0.4, 0.5) is 0 Å². The lowest BCUT2D eigenvalue weighted by atomic mass is 10.2. The van der Waals surface area contributed by atoms with Crippen LogP contribution in [0.15, 0.2) is 36.5 Å². The Kier molecular flexibility index (Phi) is 6.21. The molecule has 5 nitrogen and oxygen atoms in total. The van der Waals surface area contributed by atoms with Gasteiger partial charge in [0.05, 0.1) is 16.1 Å². The molecule has 8 heteroatoms. The summed E-state index contributed by atoms with van der Waals surface area (Å²) in [6.45, 7) is -0.248. The molecule has 0 atom stereocenters. The van der Waals surface area contributed by atoms with Crippen LogP contribution in [0.5, 0.6) is 0 Å². The monoisotopic (exact) mass is 373 g/mol. The van der Waals surface area contributed by atoms with E-state index in [1.807, 2.05) is 0 Å². The van der Waals surface area contributed by atoms with Gasteiger partial charge in [0.2, 0.25) is 0 Å². The fourth-order valence-corrected chi connectivity index (χ4v) is 2.30. The van der Waals surface area contributed by atoms with Gasteiger partial charge in [-0.2, -0.15) is 0 Å². The molecule has 0 radical (unpaired) electrons. The Morgan fingerprint density at radius 1 is 0.957 bits per heavy atom. The maximum atomic E-state index is 11.8. The first kappa shape index (κ1) is 17.5. The number of benzene rings is 1. The van der Waals surface area contributed by atoms with Gasteiger partial charge in [0, 0.05) is 11.2 Å². The Hall–Kier alpha value is -1.82. The SMILES string of the molecule is O=C(OCCOC(=O)c1cccnc1Cl)c1ccc(Cl)cc1Cl. The summed E-state index contributed by atoms with van der Waals surface area (Å²) in [4.78, 5) is 27.3. The summed E-state index contributed by atoms with van der Waals surface area (Å²) < 4.78 is 9.92. The molecule has 120 valence electrons. The molecule has 1 aromatic heterocycles. The van der Waals surface area contributed by atoms with Gasteiger partial charge in [-0.1, -0.05) is 34.8 Å². The molecule has 0 aliphatic heterocycles. The van der Waals surface area contributed by atoms with E-state index in [2.05, 4.69) is 4.98 Å². The van der Waals surface area contributed by atoms with Gasteiger partial charge in [-0.15, -0.1) is 0 Å². The van der Waals surface area contributed by atoms with Crippen LogP contribution in [0.25, 0.3) is 0 Å². The molecule has 2 rings (SSSR count). The Balaban J connectivity index is 1.82. The molecule has 0 aliphatic rings. The zero-order valence-corrected chi connectivity index (χ0v) is 13.9. The Labute approximate surface area is 147 Å².